The molecule has 1 aromatic heterocycles. The van der Waals surface area contributed by atoms with Gasteiger partial charge in [0.15, 0.2) is 11.9 Å². The Balaban J connectivity index is 1.72. The summed E-state index contributed by atoms with van der Waals surface area (Å²) in [5.41, 5.74) is 0.105. The lowest BCUT2D eigenvalue weighted by Gasteiger charge is -2.21. The number of hydrogen-bond acceptors (Lipinski definition) is 5. The van der Waals surface area contributed by atoms with E-state index in [1.54, 1.807) is 0 Å². The van der Waals surface area contributed by atoms with Gasteiger partial charge in [-0.1, -0.05) is 30.3 Å². The summed E-state index contributed by atoms with van der Waals surface area (Å²) in [5.74, 6) is 0.486. The summed E-state index contributed by atoms with van der Waals surface area (Å²) in [6.07, 6.45) is -5.28. The topological polar surface area (TPSA) is 75.3 Å². The summed E-state index contributed by atoms with van der Waals surface area (Å²) in [7, 11) is 0.612. The molecule has 0 amide bonds. The molecular weight excluding hydrogens is 507 g/mol. The van der Waals surface area contributed by atoms with Crippen molar-refractivity contribution in [2.24, 2.45) is 7.05 Å². The van der Waals surface area contributed by atoms with Gasteiger partial charge in [-0.3, -0.25) is 9.36 Å². The first-order valence-electron chi connectivity index (χ1n) is 11.4. The lowest BCUT2D eigenvalue weighted by Crippen LogP contribution is -2.23. The molecular formula is C26H26F3N3O4S. The van der Waals surface area contributed by atoms with E-state index in [4.69, 9.17) is 9.47 Å². The zero-order chi connectivity index (χ0) is 26.9. The maximum absolute atomic E-state index is 13.1. The minimum atomic E-state index is -4.49. The summed E-state index contributed by atoms with van der Waals surface area (Å²) >= 11 is 0. The second-order valence-electron chi connectivity index (χ2n) is 8.53. The summed E-state index contributed by atoms with van der Waals surface area (Å²) in [5, 5.41) is 8.37. The molecule has 37 heavy (non-hydrogen) atoms. The van der Waals surface area contributed by atoms with E-state index in [0.717, 1.165) is 28.0 Å². The molecule has 196 valence electrons. The van der Waals surface area contributed by atoms with Gasteiger partial charge < -0.3 is 9.47 Å². The molecule has 0 spiro atoms. The third-order valence-corrected chi connectivity index (χ3v) is 7.95. The zero-order valence-electron chi connectivity index (χ0n) is 20.6. The number of alkyl halides is 3. The number of benzene rings is 2. The highest BCUT2D eigenvalue weighted by atomic mass is 32.2. The van der Waals surface area contributed by atoms with Crippen LogP contribution in [0.4, 0.5) is 13.2 Å². The molecule has 0 N–H and O–H groups in total. The molecule has 3 aromatic rings. The smallest absolute Gasteiger partial charge is 0.416 e. The Morgan fingerprint density at radius 1 is 1.05 bits per heavy atom. The number of thiol groups is 1. The Hall–Kier alpha value is -3.73. The molecule has 1 aliphatic heterocycles. The molecule has 0 fully saturated rings. The van der Waals surface area contributed by atoms with Crippen molar-refractivity contribution < 1.29 is 27.4 Å². The molecule has 4 rings (SSSR count). The molecule has 2 heterocycles. The van der Waals surface area contributed by atoms with Crippen molar-refractivity contribution in [3.8, 4) is 5.69 Å². The first-order valence-corrected chi connectivity index (χ1v) is 12.9. The van der Waals surface area contributed by atoms with Gasteiger partial charge in [0.25, 0.3) is 0 Å². The SMILES string of the molecule is CC(=O)OC(C)[SH]1C=C(C)C(OC(c2ccccc2)c2nn(-c3ccc(C(F)(F)F)cc3)c(=O)n2C)=C1. The number of esters is 1. The lowest BCUT2D eigenvalue weighted by atomic mass is 10.1. The van der Waals surface area contributed by atoms with Crippen LogP contribution in [0.3, 0.4) is 0 Å². The van der Waals surface area contributed by atoms with E-state index in [1.807, 2.05) is 55.0 Å². The van der Waals surface area contributed by atoms with Crippen LogP contribution in [0.2, 0.25) is 0 Å². The Morgan fingerprint density at radius 3 is 2.30 bits per heavy atom. The Kier molecular flexibility index (Phi) is 7.35. The Bertz CT molecular complexity index is 1410. The van der Waals surface area contributed by atoms with E-state index in [0.29, 0.717) is 5.76 Å². The van der Waals surface area contributed by atoms with Crippen LogP contribution in [0.5, 0.6) is 0 Å². The molecule has 3 unspecified atom stereocenters. The second kappa shape index (κ2) is 10.3. The van der Waals surface area contributed by atoms with Crippen molar-refractivity contribution >= 4 is 16.9 Å². The highest BCUT2D eigenvalue weighted by Gasteiger charge is 2.31. The molecule has 0 saturated carbocycles. The highest BCUT2D eigenvalue weighted by Crippen LogP contribution is 2.46. The van der Waals surface area contributed by atoms with Crippen molar-refractivity contribution in [1.82, 2.24) is 14.3 Å². The molecule has 7 nitrogen and oxygen atoms in total. The number of nitrogens with zero attached hydrogens (tertiary/aromatic N) is 3. The molecule has 11 heteroatoms. The van der Waals surface area contributed by atoms with Crippen molar-refractivity contribution in [2.75, 3.05) is 0 Å². The van der Waals surface area contributed by atoms with Gasteiger partial charge in [0.1, 0.15) is 11.2 Å². The first-order chi connectivity index (χ1) is 17.5. The number of aromatic nitrogens is 3. The minimum Gasteiger partial charge on any atom is -0.477 e. The van der Waals surface area contributed by atoms with Crippen LogP contribution in [-0.4, -0.2) is 25.8 Å². The van der Waals surface area contributed by atoms with Gasteiger partial charge in [0.05, 0.1) is 11.3 Å². The van der Waals surface area contributed by atoms with E-state index < -0.39 is 34.4 Å². The number of allylic oxidation sites excluding steroid dienone is 1. The molecule has 0 saturated heterocycles. The van der Waals surface area contributed by atoms with Crippen molar-refractivity contribution in [3.63, 3.8) is 0 Å². The Labute approximate surface area is 214 Å². The van der Waals surface area contributed by atoms with Crippen LogP contribution in [0.1, 0.15) is 43.8 Å². The van der Waals surface area contributed by atoms with E-state index in [9.17, 15) is 22.8 Å². The number of carbonyl (C=O) groups excluding carboxylic acids is 1. The normalized spacial score (nSPS) is 18.1. The van der Waals surface area contributed by atoms with Crippen LogP contribution < -0.4 is 5.69 Å². The number of carbonyl (C=O) groups is 1. The zero-order valence-corrected chi connectivity index (χ0v) is 21.5. The maximum atomic E-state index is 13.1. The van der Waals surface area contributed by atoms with Crippen LogP contribution in [0.25, 0.3) is 5.69 Å². The number of rotatable bonds is 7. The molecule has 3 atom stereocenters. The fourth-order valence-corrected chi connectivity index (χ4v) is 5.74. The fourth-order valence-electron chi connectivity index (χ4n) is 3.86. The van der Waals surface area contributed by atoms with E-state index >= 15 is 0 Å². The quantitative estimate of drug-likeness (QED) is 0.327. The van der Waals surface area contributed by atoms with Crippen LogP contribution >= 0.6 is 10.9 Å². The number of ether oxygens (including phenoxy) is 2. The van der Waals surface area contributed by atoms with Crippen molar-refractivity contribution in [3.05, 3.63) is 104 Å². The predicted molar refractivity (Wildman–Crippen MR) is 135 cm³/mol. The van der Waals surface area contributed by atoms with Crippen molar-refractivity contribution in [2.45, 2.75) is 38.5 Å². The average molecular weight is 534 g/mol. The average Bonchev–Trinajstić information content (AvgIpc) is 3.36. The van der Waals surface area contributed by atoms with Gasteiger partial charge in [-0.25, -0.2) is 4.79 Å². The third kappa shape index (κ3) is 5.66. The third-order valence-electron chi connectivity index (χ3n) is 5.79. The minimum absolute atomic E-state index is 0.196. The summed E-state index contributed by atoms with van der Waals surface area (Å²) in [4.78, 5) is 24.5. The maximum Gasteiger partial charge on any atom is 0.416 e. The summed E-state index contributed by atoms with van der Waals surface area (Å²) < 4.78 is 53.1. The highest BCUT2D eigenvalue weighted by molar-refractivity contribution is 8.22. The molecule has 0 aliphatic carbocycles. The van der Waals surface area contributed by atoms with Crippen LogP contribution in [-0.2, 0) is 27.5 Å². The largest absolute Gasteiger partial charge is 0.477 e. The van der Waals surface area contributed by atoms with Gasteiger partial charge in [-0.15, -0.1) is 5.10 Å². The Morgan fingerprint density at radius 2 is 1.70 bits per heavy atom. The van der Waals surface area contributed by atoms with Gasteiger partial charge in [0, 0.05) is 24.9 Å². The molecule has 0 bridgehead atoms. The second-order valence-corrected chi connectivity index (χ2v) is 10.7. The lowest BCUT2D eigenvalue weighted by molar-refractivity contribution is -0.142. The monoisotopic (exact) mass is 533 g/mol. The molecule has 2 aromatic carbocycles. The van der Waals surface area contributed by atoms with Crippen LogP contribution in [0.15, 0.2) is 81.5 Å². The van der Waals surface area contributed by atoms with Gasteiger partial charge in [0.2, 0.25) is 0 Å². The first kappa shape index (κ1) is 26.3. The van der Waals surface area contributed by atoms with Gasteiger partial charge in [-0.2, -0.15) is 28.7 Å². The van der Waals surface area contributed by atoms with Gasteiger partial charge in [-0.05, 0) is 49.1 Å². The number of hydrogen-bond donors (Lipinski definition) is 1. The summed E-state index contributed by atoms with van der Waals surface area (Å²) in [6, 6.07) is 13.4. The molecule has 0 radical (unpaired) electrons. The standard InChI is InChI=1S/C26H26F3N3O4S/c1-16-14-37(18(3)35-17(2)33)15-22(16)36-23(19-8-6-5-7-9-19)24-30-32(25(34)31(24)4)21-12-10-20(11-13-21)26(27,28)29/h5-15,18,23,37H,1-4H3. The van der Waals surface area contributed by atoms with E-state index in [-0.39, 0.29) is 22.9 Å². The molecule has 1 aliphatic rings. The van der Waals surface area contributed by atoms with Crippen LogP contribution in [0, 0.1) is 0 Å². The van der Waals surface area contributed by atoms with E-state index in [1.165, 1.54) is 30.7 Å². The fraction of sp³-hybridized carbons (Fsp3) is 0.269. The van der Waals surface area contributed by atoms with Gasteiger partial charge >= 0.3 is 17.8 Å². The predicted octanol–water partition coefficient (Wildman–Crippen LogP) is 5.36. The van der Waals surface area contributed by atoms with E-state index in [2.05, 4.69) is 5.10 Å². The van der Waals surface area contributed by atoms with Crippen molar-refractivity contribution in [1.29, 1.82) is 0 Å². The summed E-state index contributed by atoms with van der Waals surface area (Å²) in [6.45, 7) is 5.06. The number of halogens is 3.